The largest absolute Gasteiger partial charge is 0.370 e. The molecule has 3 N–H and O–H groups in total. The van der Waals surface area contributed by atoms with Gasteiger partial charge >= 0.3 is 0 Å². The Morgan fingerprint density at radius 3 is 2.80 bits per heavy atom. The van der Waals surface area contributed by atoms with Crippen LogP contribution in [0.2, 0.25) is 0 Å². The minimum Gasteiger partial charge on any atom is -0.370 e. The molecule has 0 amide bonds. The van der Waals surface area contributed by atoms with Gasteiger partial charge in [-0.3, -0.25) is 0 Å². The summed E-state index contributed by atoms with van der Waals surface area (Å²) in [6, 6.07) is 11.0. The van der Waals surface area contributed by atoms with Crippen molar-refractivity contribution in [3.8, 4) is 0 Å². The van der Waals surface area contributed by atoms with Gasteiger partial charge in [-0.2, -0.15) is 0 Å². The first-order chi connectivity index (χ1) is 12.3. The Labute approximate surface area is 148 Å². The van der Waals surface area contributed by atoms with Crippen molar-refractivity contribution in [1.82, 2.24) is 15.0 Å². The maximum absolute atomic E-state index is 4.53. The number of hydrogen-bond acceptors (Lipinski definition) is 4. The lowest BCUT2D eigenvalue weighted by Gasteiger charge is -2.14. The number of nitrogens with one attached hydrogen (secondary N) is 3. The van der Waals surface area contributed by atoms with Crippen molar-refractivity contribution in [1.29, 1.82) is 0 Å². The van der Waals surface area contributed by atoms with Gasteiger partial charge < -0.3 is 15.6 Å². The average molecular weight is 335 g/mol. The van der Waals surface area contributed by atoms with Crippen LogP contribution in [-0.4, -0.2) is 27.5 Å². The molecule has 1 fully saturated rings. The van der Waals surface area contributed by atoms with E-state index in [0.717, 1.165) is 30.4 Å². The fraction of sp³-hybridized carbons (Fsp3) is 0.400. The van der Waals surface area contributed by atoms with Gasteiger partial charge in [-0.15, -0.1) is 0 Å². The lowest BCUT2D eigenvalue weighted by Crippen LogP contribution is -2.16. The SMILES string of the molecule is Cc1nc(NCCc2c[nH]c3ccccc23)cc(NC2CCCC2)n1. The Morgan fingerprint density at radius 1 is 1.12 bits per heavy atom. The second kappa shape index (κ2) is 7.13. The predicted octanol–water partition coefficient (Wildman–Crippen LogP) is 4.28. The first kappa shape index (κ1) is 15.9. The Morgan fingerprint density at radius 2 is 1.92 bits per heavy atom. The minimum atomic E-state index is 0.563. The summed E-state index contributed by atoms with van der Waals surface area (Å²) in [5.74, 6) is 2.64. The molecule has 5 heteroatoms. The predicted molar refractivity (Wildman–Crippen MR) is 103 cm³/mol. The molecule has 1 aliphatic rings. The number of nitrogens with zero attached hydrogens (tertiary/aromatic N) is 2. The smallest absolute Gasteiger partial charge is 0.132 e. The summed E-state index contributed by atoms with van der Waals surface area (Å²) < 4.78 is 0. The number of aryl methyl sites for hydroxylation is 1. The second-order valence-corrected chi connectivity index (χ2v) is 6.85. The minimum absolute atomic E-state index is 0.563. The molecule has 2 heterocycles. The van der Waals surface area contributed by atoms with Gasteiger partial charge in [-0.1, -0.05) is 31.0 Å². The van der Waals surface area contributed by atoms with Crippen LogP contribution in [0.4, 0.5) is 11.6 Å². The first-order valence-electron chi connectivity index (χ1n) is 9.19. The Hall–Kier alpha value is -2.56. The van der Waals surface area contributed by atoms with Crippen LogP contribution >= 0.6 is 0 Å². The highest BCUT2D eigenvalue weighted by Crippen LogP contribution is 2.22. The normalized spacial score (nSPS) is 14.9. The van der Waals surface area contributed by atoms with Crippen LogP contribution in [0, 0.1) is 6.92 Å². The first-order valence-corrected chi connectivity index (χ1v) is 9.19. The van der Waals surface area contributed by atoms with Crippen molar-refractivity contribution in [2.75, 3.05) is 17.2 Å². The highest BCUT2D eigenvalue weighted by atomic mass is 15.1. The maximum Gasteiger partial charge on any atom is 0.132 e. The zero-order chi connectivity index (χ0) is 17.1. The number of hydrogen-bond donors (Lipinski definition) is 3. The number of benzene rings is 1. The van der Waals surface area contributed by atoms with Gasteiger partial charge in [0.15, 0.2) is 0 Å². The molecule has 25 heavy (non-hydrogen) atoms. The fourth-order valence-electron chi connectivity index (χ4n) is 3.68. The van der Waals surface area contributed by atoms with Crippen LogP contribution in [0.3, 0.4) is 0 Å². The van der Waals surface area contributed by atoms with E-state index in [0.29, 0.717) is 6.04 Å². The van der Waals surface area contributed by atoms with Gasteiger partial charge in [0.25, 0.3) is 0 Å². The monoisotopic (exact) mass is 335 g/mol. The van der Waals surface area contributed by atoms with Crippen molar-refractivity contribution >= 4 is 22.5 Å². The highest BCUT2D eigenvalue weighted by molar-refractivity contribution is 5.83. The summed E-state index contributed by atoms with van der Waals surface area (Å²) in [6.07, 6.45) is 8.18. The number of fused-ring (bicyclic) bond motifs is 1. The van der Waals surface area contributed by atoms with Gasteiger partial charge in [-0.05, 0) is 37.8 Å². The quantitative estimate of drug-likeness (QED) is 0.629. The summed E-state index contributed by atoms with van der Waals surface area (Å²) >= 11 is 0. The number of aromatic nitrogens is 3. The summed E-state index contributed by atoms with van der Waals surface area (Å²) in [5, 5.41) is 8.30. The maximum atomic E-state index is 4.53. The van der Waals surface area contributed by atoms with E-state index in [2.05, 4.69) is 56.0 Å². The molecular formula is C20H25N5. The molecule has 0 unspecified atom stereocenters. The molecule has 4 rings (SSSR count). The van der Waals surface area contributed by atoms with Crippen molar-refractivity contribution in [3.05, 3.63) is 47.9 Å². The molecule has 1 saturated carbocycles. The molecule has 0 atom stereocenters. The molecule has 5 nitrogen and oxygen atoms in total. The van der Waals surface area contributed by atoms with E-state index in [4.69, 9.17) is 0 Å². The van der Waals surface area contributed by atoms with E-state index < -0.39 is 0 Å². The molecule has 0 radical (unpaired) electrons. The molecule has 0 aliphatic heterocycles. The van der Waals surface area contributed by atoms with Crippen LogP contribution in [0.1, 0.15) is 37.1 Å². The van der Waals surface area contributed by atoms with Gasteiger partial charge in [0.1, 0.15) is 17.5 Å². The lowest BCUT2D eigenvalue weighted by atomic mass is 10.1. The summed E-state index contributed by atoms with van der Waals surface area (Å²) in [4.78, 5) is 12.4. The van der Waals surface area contributed by atoms with E-state index >= 15 is 0 Å². The average Bonchev–Trinajstić information content (AvgIpc) is 3.25. The summed E-state index contributed by atoms with van der Waals surface area (Å²) in [5.41, 5.74) is 2.52. The third kappa shape index (κ3) is 3.76. The van der Waals surface area contributed by atoms with Gasteiger partial charge in [0, 0.05) is 35.8 Å². The Balaban J connectivity index is 1.39. The van der Waals surface area contributed by atoms with E-state index in [9.17, 15) is 0 Å². The lowest BCUT2D eigenvalue weighted by molar-refractivity contribution is 0.748. The van der Waals surface area contributed by atoms with Crippen LogP contribution < -0.4 is 10.6 Å². The van der Waals surface area contributed by atoms with Crippen LogP contribution in [-0.2, 0) is 6.42 Å². The van der Waals surface area contributed by atoms with E-state index in [-0.39, 0.29) is 0 Å². The Kier molecular flexibility index (Phi) is 4.55. The number of rotatable bonds is 6. The fourth-order valence-corrected chi connectivity index (χ4v) is 3.68. The molecular weight excluding hydrogens is 310 g/mol. The van der Waals surface area contributed by atoms with Crippen molar-refractivity contribution in [3.63, 3.8) is 0 Å². The molecule has 0 bridgehead atoms. The van der Waals surface area contributed by atoms with E-state index in [1.807, 2.05) is 13.0 Å². The molecule has 0 spiro atoms. The molecule has 1 aliphatic carbocycles. The van der Waals surface area contributed by atoms with Crippen molar-refractivity contribution in [2.45, 2.75) is 45.1 Å². The van der Waals surface area contributed by atoms with Gasteiger partial charge in [0.05, 0.1) is 0 Å². The number of anilines is 2. The topological polar surface area (TPSA) is 65.6 Å². The number of H-pyrrole nitrogens is 1. The van der Waals surface area contributed by atoms with Gasteiger partial charge in [-0.25, -0.2) is 9.97 Å². The van der Waals surface area contributed by atoms with Crippen LogP contribution in [0.5, 0.6) is 0 Å². The molecule has 3 aromatic rings. The standard InChI is InChI=1S/C20H25N5/c1-14-23-19(12-20(24-14)25-16-6-2-3-7-16)21-11-10-15-13-22-18-9-5-4-8-17(15)18/h4-5,8-9,12-13,16,22H,2-3,6-7,10-11H2,1H3,(H2,21,23,24,25). The number of aromatic amines is 1. The second-order valence-electron chi connectivity index (χ2n) is 6.85. The third-order valence-corrected chi connectivity index (χ3v) is 4.92. The zero-order valence-electron chi connectivity index (χ0n) is 14.7. The number of para-hydroxylation sites is 1. The molecule has 1 aromatic carbocycles. The zero-order valence-corrected chi connectivity index (χ0v) is 14.7. The van der Waals surface area contributed by atoms with Crippen LogP contribution in [0.15, 0.2) is 36.5 Å². The third-order valence-electron chi connectivity index (χ3n) is 4.92. The molecule has 130 valence electrons. The Bertz CT molecular complexity index is 848. The highest BCUT2D eigenvalue weighted by Gasteiger charge is 2.15. The van der Waals surface area contributed by atoms with E-state index in [1.165, 1.54) is 42.1 Å². The summed E-state index contributed by atoms with van der Waals surface area (Å²) in [6.45, 7) is 2.80. The summed E-state index contributed by atoms with van der Waals surface area (Å²) in [7, 11) is 0. The van der Waals surface area contributed by atoms with Crippen molar-refractivity contribution in [2.24, 2.45) is 0 Å². The van der Waals surface area contributed by atoms with Crippen molar-refractivity contribution < 1.29 is 0 Å². The molecule has 2 aromatic heterocycles. The van der Waals surface area contributed by atoms with Crippen LogP contribution in [0.25, 0.3) is 10.9 Å². The van der Waals surface area contributed by atoms with E-state index in [1.54, 1.807) is 0 Å². The van der Waals surface area contributed by atoms with Gasteiger partial charge in [0.2, 0.25) is 0 Å². The molecule has 0 saturated heterocycles.